The minimum absolute atomic E-state index is 0.152. The highest BCUT2D eigenvalue weighted by Crippen LogP contribution is 2.38. The predicted octanol–water partition coefficient (Wildman–Crippen LogP) is 3.69. The lowest BCUT2D eigenvalue weighted by Gasteiger charge is -2.53. The molecule has 0 aliphatic carbocycles. The number of hydrogen-bond acceptors (Lipinski definition) is 3. The third-order valence-electron chi connectivity index (χ3n) is 4.54. The normalized spacial score (nSPS) is 22.6. The Morgan fingerprint density at radius 1 is 1.05 bits per heavy atom. The van der Waals surface area contributed by atoms with Crippen LogP contribution in [0.5, 0.6) is 5.75 Å². The highest BCUT2D eigenvalue weighted by Gasteiger charge is 2.43. The van der Waals surface area contributed by atoms with E-state index in [-0.39, 0.29) is 17.2 Å². The van der Waals surface area contributed by atoms with Crippen molar-refractivity contribution in [3.8, 4) is 5.75 Å². The fraction of sp³-hybridized carbons (Fsp3) is 0.647. The number of piperidine rings is 1. The van der Waals surface area contributed by atoms with Gasteiger partial charge in [0.05, 0.1) is 6.10 Å². The van der Waals surface area contributed by atoms with Crippen LogP contribution in [0.4, 0.5) is 0 Å². The summed E-state index contributed by atoms with van der Waals surface area (Å²) in [4.78, 5) is 2.46. The van der Waals surface area contributed by atoms with Gasteiger partial charge in [-0.25, -0.2) is 0 Å². The van der Waals surface area contributed by atoms with E-state index in [2.05, 4.69) is 39.6 Å². The number of benzene rings is 1. The molecule has 0 N–H and O–H groups in total. The molecule has 0 saturated carbocycles. The fourth-order valence-electron chi connectivity index (χ4n) is 3.11. The molecular formula is C17H27NO2. The van der Waals surface area contributed by atoms with Gasteiger partial charge in [0, 0.05) is 11.1 Å². The molecule has 1 heterocycles. The Morgan fingerprint density at radius 2 is 1.60 bits per heavy atom. The molecule has 1 saturated heterocycles. The maximum atomic E-state index is 5.96. The molecule has 1 aromatic carbocycles. The number of hydrogen-bond donors (Lipinski definition) is 0. The van der Waals surface area contributed by atoms with Crippen LogP contribution >= 0.6 is 0 Å². The van der Waals surface area contributed by atoms with Gasteiger partial charge in [-0.3, -0.25) is 4.90 Å². The summed E-state index contributed by atoms with van der Waals surface area (Å²) >= 11 is 0. The molecule has 2 rings (SSSR count). The third-order valence-corrected chi connectivity index (χ3v) is 4.54. The van der Waals surface area contributed by atoms with Gasteiger partial charge in [0.25, 0.3) is 0 Å². The van der Waals surface area contributed by atoms with Crippen LogP contribution in [0.2, 0.25) is 0 Å². The van der Waals surface area contributed by atoms with Crippen molar-refractivity contribution in [1.82, 2.24) is 4.90 Å². The molecule has 1 fully saturated rings. The first-order chi connectivity index (χ1) is 9.31. The van der Waals surface area contributed by atoms with Crippen LogP contribution in [-0.4, -0.2) is 35.9 Å². The number of para-hydroxylation sites is 1. The van der Waals surface area contributed by atoms with Crippen molar-refractivity contribution in [3.63, 3.8) is 0 Å². The first-order valence-corrected chi connectivity index (χ1v) is 7.35. The van der Waals surface area contributed by atoms with Gasteiger partial charge in [-0.2, -0.15) is 0 Å². The predicted molar refractivity (Wildman–Crippen MR) is 82.0 cm³/mol. The van der Waals surface area contributed by atoms with Crippen molar-refractivity contribution in [2.75, 3.05) is 13.8 Å². The average molecular weight is 277 g/mol. The highest BCUT2D eigenvalue weighted by atomic mass is 16.7. The first-order valence-electron chi connectivity index (χ1n) is 7.35. The van der Waals surface area contributed by atoms with E-state index in [0.29, 0.717) is 6.79 Å². The molecule has 0 atom stereocenters. The van der Waals surface area contributed by atoms with Crippen molar-refractivity contribution >= 4 is 0 Å². The molecule has 0 amide bonds. The summed E-state index contributed by atoms with van der Waals surface area (Å²) in [5.41, 5.74) is 0.304. The Hall–Kier alpha value is -1.06. The molecule has 1 aliphatic rings. The molecule has 0 unspecified atom stereocenters. The highest BCUT2D eigenvalue weighted by molar-refractivity contribution is 5.20. The molecule has 0 aromatic heterocycles. The van der Waals surface area contributed by atoms with E-state index in [4.69, 9.17) is 9.47 Å². The second-order valence-electron chi connectivity index (χ2n) is 6.96. The largest absolute Gasteiger partial charge is 0.468 e. The molecule has 20 heavy (non-hydrogen) atoms. The summed E-state index contributed by atoms with van der Waals surface area (Å²) in [6.45, 7) is 9.44. The molecular weight excluding hydrogens is 250 g/mol. The number of likely N-dealkylation sites (tertiary alicyclic amines) is 1. The maximum absolute atomic E-state index is 5.96. The Kier molecular flexibility index (Phi) is 4.40. The van der Waals surface area contributed by atoms with E-state index in [1.807, 2.05) is 30.3 Å². The molecule has 0 radical (unpaired) electrons. The SMILES string of the molecule is CN1C(C)(C)CC(OCOc2ccccc2)CC1(C)C. The Balaban J connectivity index is 1.87. The Labute approximate surface area is 122 Å². The zero-order valence-corrected chi connectivity index (χ0v) is 13.3. The standard InChI is InChI=1S/C17H27NO2/c1-16(2)11-15(12-17(3,4)18(16)5)20-13-19-14-9-7-6-8-10-14/h6-10,15H,11-13H2,1-5H3. The molecule has 0 bridgehead atoms. The van der Waals surface area contributed by atoms with E-state index in [1.54, 1.807) is 0 Å². The van der Waals surface area contributed by atoms with Gasteiger partial charge in [0.2, 0.25) is 0 Å². The van der Waals surface area contributed by atoms with Crippen molar-refractivity contribution in [1.29, 1.82) is 0 Å². The number of rotatable bonds is 4. The van der Waals surface area contributed by atoms with Crippen molar-refractivity contribution in [2.45, 2.75) is 57.7 Å². The second-order valence-corrected chi connectivity index (χ2v) is 6.96. The van der Waals surface area contributed by atoms with Gasteiger partial charge in [-0.15, -0.1) is 0 Å². The van der Waals surface area contributed by atoms with Crippen LogP contribution in [-0.2, 0) is 4.74 Å². The zero-order chi connectivity index (χ0) is 14.8. The van der Waals surface area contributed by atoms with Gasteiger partial charge in [0.1, 0.15) is 5.75 Å². The van der Waals surface area contributed by atoms with Gasteiger partial charge in [-0.1, -0.05) is 18.2 Å². The number of ether oxygens (including phenoxy) is 2. The fourth-order valence-corrected chi connectivity index (χ4v) is 3.11. The zero-order valence-electron chi connectivity index (χ0n) is 13.3. The summed E-state index contributed by atoms with van der Waals surface area (Å²) < 4.78 is 11.6. The molecule has 112 valence electrons. The van der Waals surface area contributed by atoms with Crippen LogP contribution in [0.1, 0.15) is 40.5 Å². The molecule has 1 aliphatic heterocycles. The van der Waals surface area contributed by atoms with Gasteiger partial charge in [-0.05, 0) is 59.7 Å². The van der Waals surface area contributed by atoms with Crippen LogP contribution in [0, 0.1) is 0 Å². The van der Waals surface area contributed by atoms with Crippen LogP contribution in [0.15, 0.2) is 30.3 Å². The smallest absolute Gasteiger partial charge is 0.189 e. The van der Waals surface area contributed by atoms with E-state index < -0.39 is 0 Å². The Bertz CT molecular complexity index is 410. The van der Waals surface area contributed by atoms with Gasteiger partial charge >= 0.3 is 0 Å². The van der Waals surface area contributed by atoms with Crippen LogP contribution in [0.25, 0.3) is 0 Å². The average Bonchev–Trinajstić information content (AvgIpc) is 2.36. The minimum Gasteiger partial charge on any atom is -0.468 e. The lowest BCUT2D eigenvalue weighted by Crippen LogP contribution is -2.60. The third kappa shape index (κ3) is 3.53. The quantitative estimate of drug-likeness (QED) is 0.783. The van der Waals surface area contributed by atoms with E-state index >= 15 is 0 Å². The van der Waals surface area contributed by atoms with Crippen molar-refractivity contribution < 1.29 is 9.47 Å². The number of nitrogens with zero attached hydrogens (tertiary/aromatic N) is 1. The second kappa shape index (κ2) is 5.74. The lowest BCUT2D eigenvalue weighted by molar-refractivity contribution is -0.120. The molecule has 3 nitrogen and oxygen atoms in total. The topological polar surface area (TPSA) is 21.7 Å². The van der Waals surface area contributed by atoms with Gasteiger partial charge in [0.15, 0.2) is 6.79 Å². The summed E-state index contributed by atoms with van der Waals surface area (Å²) in [7, 11) is 2.21. The van der Waals surface area contributed by atoms with Crippen molar-refractivity contribution in [3.05, 3.63) is 30.3 Å². The summed E-state index contributed by atoms with van der Waals surface area (Å²) in [5.74, 6) is 0.860. The molecule has 3 heteroatoms. The minimum atomic E-state index is 0.152. The molecule has 0 spiro atoms. The van der Waals surface area contributed by atoms with Crippen LogP contribution < -0.4 is 4.74 Å². The summed E-state index contributed by atoms with van der Waals surface area (Å²) in [6, 6.07) is 9.82. The van der Waals surface area contributed by atoms with E-state index in [9.17, 15) is 0 Å². The maximum Gasteiger partial charge on any atom is 0.189 e. The Morgan fingerprint density at radius 3 is 2.15 bits per heavy atom. The van der Waals surface area contributed by atoms with Crippen LogP contribution in [0.3, 0.4) is 0 Å². The molecule has 1 aromatic rings. The first kappa shape index (κ1) is 15.3. The summed E-state index contributed by atoms with van der Waals surface area (Å²) in [6.07, 6.45) is 2.32. The lowest BCUT2D eigenvalue weighted by atomic mass is 9.79. The van der Waals surface area contributed by atoms with Crippen molar-refractivity contribution in [2.24, 2.45) is 0 Å². The summed E-state index contributed by atoms with van der Waals surface area (Å²) in [5, 5.41) is 0. The van der Waals surface area contributed by atoms with Gasteiger partial charge < -0.3 is 9.47 Å². The van der Waals surface area contributed by atoms with E-state index in [0.717, 1.165) is 18.6 Å². The van der Waals surface area contributed by atoms with E-state index in [1.165, 1.54) is 0 Å². The monoisotopic (exact) mass is 277 g/mol.